The van der Waals surface area contributed by atoms with Crippen molar-refractivity contribution in [3.8, 4) is 11.5 Å². The summed E-state index contributed by atoms with van der Waals surface area (Å²) in [6.45, 7) is 0.758. The minimum Gasteiger partial charge on any atom is -0.453 e. The highest BCUT2D eigenvalue weighted by Crippen LogP contribution is 2.42. The van der Waals surface area contributed by atoms with Gasteiger partial charge in [-0.15, -0.1) is 0 Å². The highest BCUT2D eigenvalue weighted by atomic mass is 35.5. The van der Waals surface area contributed by atoms with E-state index in [1.807, 2.05) is 0 Å². The average molecular weight is 549 g/mol. The van der Waals surface area contributed by atoms with E-state index >= 15 is 0 Å². The zero-order chi connectivity index (χ0) is 24.6. The highest BCUT2D eigenvalue weighted by molar-refractivity contribution is 7.89. The molecule has 1 amide bonds. The summed E-state index contributed by atoms with van der Waals surface area (Å²) in [4.78, 5) is 22.7. The first-order chi connectivity index (χ1) is 16.1. The SMILES string of the molecule is O=C(NCC1CC1)[C@@H]1CCCN1S(=O)(=O)c1cc(Cl)c(Oc2ccc([N+](=O)[O-])cc2Cl)c(Cl)c1. The van der Waals surface area contributed by atoms with Crippen LogP contribution in [0.1, 0.15) is 25.7 Å². The molecule has 0 aromatic heterocycles. The first-order valence-electron chi connectivity index (χ1n) is 10.5. The van der Waals surface area contributed by atoms with Gasteiger partial charge >= 0.3 is 0 Å². The molecule has 9 nitrogen and oxygen atoms in total. The maximum absolute atomic E-state index is 13.3. The van der Waals surface area contributed by atoms with Gasteiger partial charge in [0.2, 0.25) is 15.9 Å². The number of non-ortho nitro benzene ring substituents is 1. The molecule has 0 radical (unpaired) electrons. The second-order valence-corrected chi connectivity index (χ2v) is 11.3. The number of carbonyl (C=O) groups is 1. The van der Waals surface area contributed by atoms with Crippen LogP contribution >= 0.6 is 34.8 Å². The molecule has 2 aliphatic rings. The Morgan fingerprint density at radius 3 is 2.38 bits per heavy atom. The zero-order valence-corrected chi connectivity index (χ0v) is 20.8. The van der Waals surface area contributed by atoms with Gasteiger partial charge in [0.05, 0.1) is 24.9 Å². The van der Waals surface area contributed by atoms with E-state index in [0.717, 1.165) is 18.9 Å². The number of carbonyl (C=O) groups excluding carboxylic acids is 1. The molecule has 1 saturated carbocycles. The summed E-state index contributed by atoms with van der Waals surface area (Å²) in [6, 6.07) is 5.18. The molecule has 1 aliphatic heterocycles. The van der Waals surface area contributed by atoms with Crippen LogP contribution in [0.4, 0.5) is 5.69 Å². The van der Waals surface area contributed by atoms with Crippen molar-refractivity contribution in [3.63, 3.8) is 0 Å². The summed E-state index contributed by atoms with van der Waals surface area (Å²) >= 11 is 18.7. The normalized spacial score (nSPS) is 18.6. The number of nitrogens with one attached hydrogen (secondary N) is 1. The lowest BCUT2D eigenvalue weighted by Gasteiger charge is -2.24. The minimum absolute atomic E-state index is 0.0462. The van der Waals surface area contributed by atoms with Crippen LogP contribution in [-0.4, -0.2) is 42.7 Å². The van der Waals surface area contributed by atoms with Crippen LogP contribution in [0.3, 0.4) is 0 Å². The van der Waals surface area contributed by atoms with Crippen molar-refractivity contribution < 1.29 is 22.9 Å². The fourth-order valence-corrected chi connectivity index (χ4v) is 6.31. The third-order valence-corrected chi connectivity index (χ3v) is 8.43. The number of halogens is 3. The molecule has 1 atom stereocenters. The Labute approximate surface area is 211 Å². The number of benzene rings is 2. The van der Waals surface area contributed by atoms with Gasteiger partial charge in [0.1, 0.15) is 11.8 Å². The van der Waals surface area contributed by atoms with Crippen molar-refractivity contribution in [2.24, 2.45) is 5.92 Å². The molecule has 2 fully saturated rings. The molecule has 1 N–H and O–H groups in total. The van der Waals surface area contributed by atoms with Gasteiger partial charge in [-0.25, -0.2) is 8.42 Å². The second-order valence-electron chi connectivity index (χ2n) is 8.15. The lowest BCUT2D eigenvalue weighted by atomic mass is 10.2. The lowest BCUT2D eigenvalue weighted by molar-refractivity contribution is -0.384. The van der Waals surface area contributed by atoms with Gasteiger partial charge < -0.3 is 10.1 Å². The van der Waals surface area contributed by atoms with Crippen molar-refractivity contribution in [2.75, 3.05) is 13.1 Å². The standard InChI is InChI=1S/C21H20Cl3N3O6S/c22-15-8-13(27(29)30)5-6-19(15)33-20-16(23)9-14(10-17(20)24)34(31,32)26-7-1-2-18(26)21(28)25-11-12-3-4-12/h5-6,8-10,12,18H,1-4,7,11H2,(H,25,28)/t18-/m0/s1. The highest BCUT2D eigenvalue weighted by Gasteiger charge is 2.40. The van der Waals surface area contributed by atoms with Gasteiger partial charge in [-0.2, -0.15) is 4.31 Å². The number of hydrogen-bond acceptors (Lipinski definition) is 6. The van der Waals surface area contributed by atoms with Crippen molar-refractivity contribution in [1.29, 1.82) is 0 Å². The van der Waals surface area contributed by atoms with Gasteiger partial charge in [-0.1, -0.05) is 34.8 Å². The van der Waals surface area contributed by atoms with E-state index in [2.05, 4.69) is 5.32 Å². The molecular weight excluding hydrogens is 529 g/mol. The molecule has 34 heavy (non-hydrogen) atoms. The van der Waals surface area contributed by atoms with Gasteiger partial charge in [0, 0.05) is 25.2 Å². The van der Waals surface area contributed by atoms with Crippen molar-refractivity contribution in [1.82, 2.24) is 9.62 Å². The van der Waals surface area contributed by atoms with Crippen LogP contribution in [0.2, 0.25) is 15.1 Å². The van der Waals surface area contributed by atoms with E-state index < -0.39 is 21.0 Å². The summed E-state index contributed by atoms with van der Waals surface area (Å²) < 4.78 is 33.5. The third kappa shape index (κ3) is 5.26. The molecule has 1 saturated heterocycles. The molecule has 0 spiro atoms. The first kappa shape index (κ1) is 25.0. The Balaban J connectivity index is 1.56. The van der Waals surface area contributed by atoms with E-state index in [-0.39, 0.29) is 49.6 Å². The maximum atomic E-state index is 13.3. The summed E-state index contributed by atoms with van der Waals surface area (Å²) in [5, 5.41) is 13.5. The average Bonchev–Trinajstić information content (AvgIpc) is 3.47. The van der Waals surface area contributed by atoms with Gasteiger partial charge in [-0.3, -0.25) is 14.9 Å². The van der Waals surface area contributed by atoms with E-state index in [1.54, 1.807) is 0 Å². The van der Waals surface area contributed by atoms with E-state index in [4.69, 9.17) is 39.5 Å². The number of amides is 1. The molecule has 0 unspecified atom stereocenters. The summed E-state index contributed by atoms with van der Waals surface area (Å²) in [5.41, 5.74) is -0.225. The monoisotopic (exact) mass is 547 g/mol. The molecule has 1 heterocycles. The summed E-state index contributed by atoms with van der Waals surface area (Å²) in [6.07, 6.45) is 3.13. The molecule has 182 valence electrons. The quantitative estimate of drug-likeness (QED) is 0.365. The van der Waals surface area contributed by atoms with Gasteiger partial charge in [0.25, 0.3) is 5.69 Å². The van der Waals surface area contributed by atoms with Crippen LogP contribution in [0, 0.1) is 16.0 Å². The molecule has 2 aromatic carbocycles. The Morgan fingerprint density at radius 2 is 1.79 bits per heavy atom. The van der Waals surface area contributed by atoms with Crippen LogP contribution in [-0.2, 0) is 14.8 Å². The van der Waals surface area contributed by atoms with Crippen LogP contribution in [0.25, 0.3) is 0 Å². The van der Waals surface area contributed by atoms with Gasteiger partial charge in [-0.05, 0) is 49.8 Å². The number of ether oxygens (including phenoxy) is 1. The van der Waals surface area contributed by atoms with E-state index in [1.165, 1.54) is 28.6 Å². The van der Waals surface area contributed by atoms with Gasteiger partial charge in [0.15, 0.2) is 5.75 Å². The Kier molecular flexibility index (Phi) is 7.25. The topological polar surface area (TPSA) is 119 Å². The Bertz CT molecular complexity index is 1230. The first-order valence-corrected chi connectivity index (χ1v) is 13.1. The van der Waals surface area contributed by atoms with Crippen molar-refractivity contribution in [2.45, 2.75) is 36.6 Å². The zero-order valence-electron chi connectivity index (χ0n) is 17.7. The minimum atomic E-state index is -4.07. The molecule has 2 aromatic rings. The second kappa shape index (κ2) is 9.87. The van der Waals surface area contributed by atoms with Crippen LogP contribution in [0.5, 0.6) is 11.5 Å². The number of rotatable bonds is 8. The maximum Gasteiger partial charge on any atom is 0.271 e. The number of nitrogens with zero attached hydrogens (tertiary/aromatic N) is 2. The molecule has 4 rings (SSSR count). The predicted molar refractivity (Wildman–Crippen MR) is 127 cm³/mol. The number of nitro benzene ring substituents is 1. The fourth-order valence-electron chi connectivity index (χ4n) is 3.69. The number of sulfonamides is 1. The molecule has 1 aliphatic carbocycles. The van der Waals surface area contributed by atoms with Crippen LogP contribution in [0.15, 0.2) is 35.2 Å². The number of hydrogen-bond donors (Lipinski definition) is 1. The largest absolute Gasteiger partial charge is 0.453 e. The van der Waals surface area contributed by atoms with E-state index in [0.29, 0.717) is 25.3 Å². The number of nitro groups is 1. The lowest BCUT2D eigenvalue weighted by Crippen LogP contribution is -2.46. The smallest absolute Gasteiger partial charge is 0.271 e. The molecule has 0 bridgehead atoms. The Hall–Kier alpha value is -2.11. The van der Waals surface area contributed by atoms with E-state index in [9.17, 15) is 23.3 Å². The molecular formula is C21H20Cl3N3O6S. The predicted octanol–water partition coefficient (Wildman–Crippen LogP) is 5.03. The summed E-state index contributed by atoms with van der Waals surface area (Å²) in [5.74, 6) is 0.166. The van der Waals surface area contributed by atoms with Crippen LogP contribution < -0.4 is 10.1 Å². The fraction of sp³-hybridized carbons (Fsp3) is 0.381. The molecule has 13 heteroatoms. The third-order valence-electron chi connectivity index (χ3n) is 5.68. The summed E-state index contributed by atoms with van der Waals surface area (Å²) in [7, 11) is -4.07. The van der Waals surface area contributed by atoms with Crippen molar-refractivity contribution in [3.05, 3.63) is 55.5 Å². The van der Waals surface area contributed by atoms with Crippen molar-refractivity contribution >= 4 is 56.4 Å². The Morgan fingerprint density at radius 1 is 1.12 bits per heavy atom.